The topological polar surface area (TPSA) is 72.2 Å². The molecule has 5 nitrogen and oxygen atoms in total. The second kappa shape index (κ2) is 3.90. The molecule has 0 fully saturated rings. The third-order valence-electron chi connectivity index (χ3n) is 2.82. The molecule has 2 heterocycles. The van der Waals surface area contributed by atoms with Gasteiger partial charge in [0.05, 0.1) is 5.56 Å². The van der Waals surface area contributed by atoms with Crippen molar-refractivity contribution in [1.29, 1.82) is 0 Å². The highest BCUT2D eigenvalue weighted by Gasteiger charge is 2.31. The summed E-state index contributed by atoms with van der Waals surface area (Å²) in [5.41, 5.74) is 0.0703. The van der Waals surface area contributed by atoms with Crippen molar-refractivity contribution in [2.45, 2.75) is 32.2 Å². The van der Waals surface area contributed by atoms with Crippen LogP contribution in [-0.2, 0) is 17.6 Å². The largest absolute Gasteiger partial charge is 0.480 e. The molecule has 0 aliphatic carbocycles. The van der Waals surface area contributed by atoms with Crippen molar-refractivity contribution in [3.05, 3.63) is 26.9 Å². The lowest BCUT2D eigenvalue weighted by atomic mass is 10.2. The van der Waals surface area contributed by atoms with Crippen LogP contribution in [0.3, 0.4) is 0 Å². The Labute approximate surface area is 96.7 Å². The number of aryl methyl sites for hydroxylation is 1. The first kappa shape index (κ1) is 11.1. The lowest BCUT2D eigenvalue weighted by molar-refractivity contribution is -0.140. The number of hydrogen-bond donors (Lipinski definition) is 1. The van der Waals surface area contributed by atoms with Gasteiger partial charge in [-0.25, -0.2) is 9.78 Å². The van der Waals surface area contributed by atoms with Crippen LogP contribution in [-0.4, -0.2) is 20.6 Å². The van der Waals surface area contributed by atoms with Crippen LogP contribution in [0, 0.1) is 0 Å². The van der Waals surface area contributed by atoms with E-state index >= 15 is 0 Å². The maximum Gasteiger partial charge on any atom is 0.326 e. The molecule has 0 aromatic carbocycles. The monoisotopic (exact) mass is 242 g/mol. The van der Waals surface area contributed by atoms with E-state index in [0.717, 1.165) is 0 Å². The van der Waals surface area contributed by atoms with Crippen LogP contribution >= 0.6 is 11.6 Å². The molecule has 16 heavy (non-hydrogen) atoms. The first-order chi connectivity index (χ1) is 7.56. The van der Waals surface area contributed by atoms with Crippen LogP contribution in [0.4, 0.5) is 0 Å². The van der Waals surface area contributed by atoms with Gasteiger partial charge in [-0.3, -0.25) is 9.36 Å². The number of carbonyl (C=O) groups is 1. The zero-order valence-corrected chi connectivity index (χ0v) is 9.49. The summed E-state index contributed by atoms with van der Waals surface area (Å²) < 4.78 is 1.26. The Hall–Kier alpha value is -1.36. The molecule has 1 aliphatic rings. The Morgan fingerprint density at radius 3 is 2.94 bits per heavy atom. The van der Waals surface area contributed by atoms with E-state index in [-0.39, 0.29) is 10.7 Å². The lowest BCUT2D eigenvalue weighted by Crippen LogP contribution is -2.30. The molecular formula is C10H11ClN2O3. The smallest absolute Gasteiger partial charge is 0.326 e. The van der Waals surface area contributed by atoms with E-state index in [4.69, 9.17) is 16.7 Å². The molecule has 0 saturated carbocycles. The molecule has 1 aliphatic heterocycles. The Kier molecular flexibility index (Phi) is 2.71. The normalized spacial score (nSPS) is 18.5. The van der Waals surface area contributed by atoms with Crippen LogP contribution in [0.1, 0.15) is 30.8 Å². The van der Waals surface area contributed by atoms with Gasteiger partial charge in [0, 0.05) is 6.42 Å². The van der Waals surface area contributed by atoms with E-state index in [1.54, 1.807) is 6.92 Å². The fourth-order valence-corrected chi connectivity index (χ4v) is 2.32. The minimum Gasteiger partial charge on any atom is -0.480 e. The molecule has 1 aromatic rings. The number of hydrogen-bond acceptors (Lipinski definition) is 3. The van der Waals surface area contributed by atoms with Crippen molar-refractivity contribution >= 4 is 17.6 Å². The zero-order chi connectivity index (χ0) is 11.9. The summed E-state index contributed by atoms with van der Waals surface area (Å²) in [6, 6.07) is -0.794. The van der Waals surface area contributed by atoms with E-state index in [9.17, 15) is 9.59 Å². The predicted octanol–water partition coefficient (Wildman–Crippen LogP) is 1.03. The first-order valence-corrected chi connectivity index (χ1v) is 5.46. The molecule has 1 N–H and O–H groups in total. The van der Waals surface area contributed by atoms with Crippen molar-refractivity contribution in [2.75, 3.05) is 0 Å². The molecular weight excluding hydrogens is 232 g/mol. The highest BCUT2D eigenvalue weighted by atomic mass is 35.5. The van der Waals surface area contributed by atoms with Gasteiger partial charge in [0.1, 0.15) is 17.0 Å². The number of rotatable bonds is 2. The number of nitrogens with zero attached hydrogens (tertiary/aromatic N) is 2. The highest BCUT2D eigenvalue weighted by molar-refractivity contribution is 6.30. The quantitative estimate of drug-likeness (QED) is 0.787. The summed E-state index contributed by atoms with van der Waals surface area (Å²) >= 11 is 5.87. The molecule has 86 valence electrons. The number of aliphatic carboxylic acids is 1. The summed E-state index contributed by atoms with van der Waals surface area (Å²) in [5, 5.41) is 9.20. The van der Waals surface area contributed by atoms with E-state index in [1.807, 2.05) is 0 Å². The van der Waals surface area contributed by atoms with Gasteiger partial charge in [-0.1, -0.05) is 18.5 Å². The number of carboxylic acid groups (broad SMARTS) is 1. The van der Waals surface area contributed by atoms with Crippen molar-refractivity contribution in [3.8, 4) is 0 Å². The van der Waals surface area contributed by atoms with Gasteiger partial charge in [-0.15, -0.1) is 0 Å². The molecule has 1 atom stereocenters. The molecule has 0 unspecified atom stereocenters. The fraction of sp³-hybridized carbons (Fsp3) is 0.500. The zero-order valence-electron chi connectivity index (χ0n) is 8.73. The van der Waals surface area contributed by atoms with Crippen LogP contribution in [0.25, 0.3) is 0 Å². The highest BCUT2D eigenvalue weighted by Crippen LogP contribution is 2.24. The average Bonchev–Trinajstić information content (AvgIpc) is 2.62. The van der Waals surface area contributed by atoms with Gasteiger partial charge in [0.15, 0.2) is 0 Å². The Morgan fingerprint density at radius 1 is 1.69 bits per heavy atom. The summed E-state index contributed by atoms with van der Waals surface area (Å²) in [4.78, 5) is 27.1. The second-order valence-corrected chi connectivity index (χ2v) is 4.08. The molecule has 2 rings (SSSR count). The van der Waals surface area contributed by atoms with Gasteiger partial charge >= 0.3 is 5.97 Å². The van der Waals surface area contributed by atoms with Crippen molar-refractivity contribution in [3.63, 3.8) is 0 Å². The van der Waals surface area contributed by atoms with Gasteiger partial charge in [0.2, 0.25) is 0 Å². The minimum absolute atomic E-state index is 0.199. The van der Waals surface area contributed by atoms with Crippen molar-refractivity contribution in [2.24, 2.45) is 0 Å². The lowest BCUT2D eigenvalue weighted by Gasteiger charge is -2.11. The van der Waals surface area contributed by atoms with Crippen molar-refractivity contribution < 1.29 is 9.90 Å². The van der Waals surface area contributed by atoms with E-state index in [0.29, 0.717) is 30.7 Å². The Bertz CT molecular complexity index is 510. The second-order valence-electron chi connectivity index (χ2n) is 3.72. The Balaban J connectivity index is 2.67. The number of fused-ring (bicyclic) bond motifs is 1. The van der Waals surface area contributed by atoms with E-state index < -0.39 is 12.0 Å². The molecule has 6 heteroatoms. The van der Waals surface area contributed by atoms with Crippen LogP contribution < -0.4 is 5.56 Å². The third-order valence-corrected chi connectivity index (χ3v) is 3.14. The van der Waals surface area contributed by atoms with Gasteiger partial charge in [-0.2, -0.15) is 0 Å². The predicted molar refractivity (Wildman–Crippen MR) is 57.9 cm³/mol. The number of aromatic nitrogens is 2. The minimum atomic E-state index is -0.993. The van der Waals surface area contributed by atoms with Gasteiger partial charge in [-0.05, 0) is 12.8 Å². The van der Waals surface area contributed by atoms with E-state index in [2.05, 4.69) is 4.98 Å². The SMILES string of the molecule is CCc1c(Cl)nc2n(c1=O)[C@H](C(=O)O)CC2. The maximum atomic E-state index is 12.0. The fourth-order valence-electron chi connectivity index (χ4n) is 2.01. The van der Waals surface area contributed by atoms with E-state index in [1.165, 1.54) is 4.57 Å². The van der Waals surface area contributed by atoms with Crippen LogP contribution in [0.15, 0.2) is 4.79 Å². The first-order valence-electron chi connectivity index (χ1n) is 5.08. The summed E-state index contributed by atoms with van der Waals surface area (Å²) in [7, 11) is 0. The number of halogens is 1. The Morgan fingerprint density at radius 2 is 2.38 bits per heavy atom. The van der Waals surface area contributed by atoms with Crippen LogP contribution in [0.5, 0.6) is 0 Å². The molecule has 1 aromatic heterocycles. The third kappa shape index (κ3) is 1.51. The van der Waals surface area contributed by atoms with Crippen LogP contribution in [0.2, 0.25) is 5.15 Å². The van der Waals surface area contributed by atoms with Gasteiger partial charge < -0.3 is 5.11 Å². The standard InChI is InChI=1S/C10H11ClN2O3/c1-2-5-8(11)12-7-4-3-6(10(15)16)13(7)9(5)14/h6H,2-4H2,1H3,(H,15,16)/t6-/m0/s1. The molecule has 0 amide bonds. The van der Waals surface area contributed by atoms with Crippen molar-refractivity contribution in [1.82, 2.24) is 9.55 Å². The van der Waals surface area contributed by atoms with Gasteiger partial charge in [0.25, 0.3) is 5.56 Å². The summed E-state index contributed by atoms with van der Waals surface area (Å²) in [5.74, 6) is -0.522. The molecule has 0 bridgehead atoms. The maximum absolute atomic E-state index is 12.0. The number of carboxylic acids is 1. The summed E-state index contributed by atoms with van der Waals surface area (Å²) in [6.07, 6.45) is 1.34. The molecule has 0 spiro atoms. The average molecular weight is 243 g/mol. The summed E-state index contributed by atoms with van der Waals surface area (Å²) in [6.45, 7) is 1.79. The molecule has 0 radical (unpaired) electrons. The molecule has 0 saturated heterocycles.